The molecule has 5 heteroatoms. The molecule has 0 bridgehead atoms. The van der Waals surface area contributed by atoms with Gasteiger partial charge in [0.15, 0.2) is 0 Å². The first kappa shape index (κ1) is 17.3. The highest BCUT2D eigenvalue weighted by molar-refractivity contribution is 5.61. The lowest BCUT2D eigenvalue weighted by molar-refractivity contribution is -0.0643. The second-order valence-corrected chi connectivity index (χ2v) is 6.91. The first-order chi connectivity index (χ1) is 11.9. The summed E-state index contributed by atoms with van der Waals surface area (Å²) in [6.45, 7) is 4.39. The van der Waals surface area contributed by atoms with E-state index in [1.807, 2.05) is 32.0 Å². The molecular weight excluding hydrogens is 314 g/mol. The van der Waals surface area contributed by atoms with Crippen molar-refractivity contribution < 1.29 is 9.84 Å². The Balaban J connectivity index is 1.85. The average molecular weight is 337 g/mol. The van der Waals surface area contributed by atoms with Crippen molar-refractivity contribution in [3.63, 3.8) is 0 Å². The SMILES string of the molecule is CC1(C)Oc2cc(C#N)c(N)cc2C(NCCc2ccccc2)C1O. The summed E-state index contributed by atoms with van der Waals surface area (Å²) < 4.78 is 5.93. The lowest BCUT2D eigenvalue weighted by Gasteiger charge is -2.42. The number of benzene rings is 2. The predicted molar refractivity (Wildman–Crippen MR) is 97.2 cm³/mol. The molecule has 2 aromatic rings. The van der Waals surface area contributed by atoms with Crippen molar-refractivity contribution in [3.8, 4) is 11.8 Å². The predicted octanol–water partition coefficient (Wildman–Crippen LogP) is 2.55. The second-order valence-electron chi connectivity index (χ2n) is 6.91. The van der Waals surface area contributed by atoms with Crippen LogP contribution in [-0.2, 0) is 6.42 Å². The number of rotatable bonds is 4. The summed E-state index contributed by atoms with van der Waals surface area (Å²) in [6.07, 6.45) is 0.120. The number of anilines is 1. The summed E-state index contributed by atoms with van der Waals surface area (Å²) in [6, 6.07) is 15.3. The Morgan fingerprint density at radius 3 is 2.68 bits per heavy atom. The number of aliphatic hydroxyl groups excluding tert-OH is 1. The van der Waals surface area contributed by atoms with E-state index in [1.165, 1.54) is 5.56 Å². The molecule has 4 N–H and O–H groups in total. The maximum atomic E-state index is 10.8. The molecule has 1 heterocycles. The molecule has 0 spiro atoms. The zero-order valence-electron chi connectivity index (χ0n) is 14.5. The Labute approximate surface area is 148 Å². The third kappa shape index (κ3) is 3.46. The molecule has 3 rings (SSSR count). The fourth-order valence-electron chi connectivity index (χ4n) is 3.20. The van der Waals surface area contributed by atoms with Crippen LogP contribution >= 0.6 is 0 Å². The minimum Gasteiger partial charge on any atom is -0.485 e. The summed E-state index contributed by atoms with van der Waals surface area (Å²) in [4.78, 5) is 0. The molecule has 2 aromatic carbocycles. The van der Waals surface area contributed by atoms with Gasteiger partial charge in [0.1, 0.15) is 23.5 Å². The molecule has 1 aliphatic rings. The van der Waals surface area contributed by atoms with Gasteiger partial charge in [-0.25, -0.2) is 0 Å². The molecule has 0 aromatic heterocycles. The maximum Gasteiger partial charge on any atom is 0.131 e. The Morgan fingerprint density at radius 2 is 2.00 bits per heavy atom. The monoisotopic (exact) mass is 337 g/mol. The smallest absolute Gasteiger partial charge is 0.131 e. The molecule has 2 atom stereocenters. The topological polar surface area (TPSA) is 91.3 Å². The Hall–Kier alpha value is -2.55. The standard InChI is InChI=1S/C20H23N3O2/c1-20(2)19(24)18(23-9-8-13-6-4-3-5-7-13)15-11-16(22)14(12-21)10-17(15)25-20/h3-7,10-11,18-19,23-24H,8-9,22H2,1-2H3. The summed E-state index contributed by atoms with van der Waals surface area (Å²) in [5, 5.41) is 23.4. The van der Waals surface area contributed by atoms with Crippen LogP contribution in [0.4, 0.5) is 5.69 Å². The number of nitrogen functional groups attached to an aromatic ring is 1. The number of nitrogens with zero attached hydrogens (tertiary/aromatic N) is 1. The maximum absolute atomic E-state index is 10.8. The number of hydrogen-bond acceptors (Lipinski definition) is 5. The van der Waals surface area contributed by atoms with Gasteiger partial charge in [-0.15, -0.1) is 0 Å². The summed E-state index contributed by atoms with van der Waals surface area (Å²) >= 11 is 0. The average Bonchev–Trinajstić information content (AvgIpc) is 2.59. The first-order valence-electron chi connectivity index (χ1n) is 8.40. The van der Waals surface area contributed by atoms with Gasteiger partial charge in [0, 0.05) is 11.6 Å². The van der Waals surface area contributed by atoms with Gasteiger partial charge in [0.25, 0.3) is 0 Å². The molecule has 25 heavy (non-hydrogen) atoms. The van der Waals surface area contributed by atoms with Crippen molar-refractivity contribution >= 4 is 5.69 Å². The molecule has 1 aliphatic heterocycles. The van der Waals surface area contributed by atoms with Crippen molar-refractivity contribution in [2.45, 2.75) is 38.0 Å². The summed E-state index contributed by atoms with van der Waals surface area (Å²) in [7, 11) is 0. The van der Waals surface area contributed by atoms with Crippen molar-refractivity contribution in [3.05, 3.63) is 59.2 Å². The van der Waals surface area contributed by atoms with E-state index < -0.39 is 11.7 Å². The number of ether oxygens (including phenoxy) is 1. The molecule has 0 saturated heterocycles. The van der Waals surface area contributed by atoms with Crippen molar-refractivity contribution in [2.24, 2.45) is 0 Å². The van der Waals surface area contributed by atoms with E-state index in [0.29, 0.717) is 23.5 Å². The zero-order chi connectivity index (χ0) is 18.0. The lowest BCUT2D eigenvalue weighted by Crippen LogP contribution is -2.52. The van der Waals surface area contributed by atoms with Gasteiger partial charge >= 0.3 is 0 Å². The van der Waals surface area contributed by atoms with Crippen molar-refractivity contribution in [1.29, 1.82) is 5.26 Å². The van der Waals surface area contributed by atoms with Crippen LogP contribution in [-0.4, -0.2) is 23.4 Å². The van der Waals surface area contributed by atoms with Gasteiger partial charge in [-0.2, -0.15) is 5.26 Å². The van der Waals surface area contributed by atoms with E-state index in [0.717, 1.165) is 12.0 Å². The molecule has 0 aliphatic carbocycles. The van der Waals surface area contributed by atoms with Crippen LogP contribution in [0.25, 0.3) is 0 Å². The largest absolute Gasteiger partial charge is 0.485 e. The van der Waals surface area contributed by atoms with Crippen molar-refractivity contribution in [2.75, 3.05) is 12.3 Å². The highest BCUT2D eigenvalue weighted by Gasteiger charge is 2.43. The lowest BCUT2D eigenvalue weighted by atomic mass is 9.85. The van der Waals surface area contributed by atoms with Crippen LogP contribution in [0.3, 0.4) is 0 Å². The second kappa shape index (κ2) is 6.75. The number of nitrogens with two attached hydrogens (primary N) is 1. The van der Waals surface area contributed by atoms with Gasteiger partial charge in [-0.05, 0) is 38.4 Å². The zero-order valence-corrected chi connectivity index (χ0v) is 14.5. The van der Waals surface area contributed by atoms with Crippen LogP contribution in [0.15, 0.2) is 42.5 Å². The molecular formula is C20H23N3O2. The van der Waals surface area contributed by atoms with E-state index in [2.05, 4.69) is 23.5 Å². The Kier molecular flexibility index (Phi) is 4.67. The minimum atomic E-state index is -0.764. The summed E-state index contributed by atoms with van der Waals surface area (Å²) in [5.74, 6) is 0.596. The van der Waals surface area contributed by atoms with Gasteiger partial charge in [-0.1, -0.05) is 30.3 Å². The third-order valence-electron chi connectivity index (χ3n) is 4.66. The number of nitriles is 1. The number of fused-ring (bicyclic) bond motifs is 1. The van der Waals surface area contributed by atoms with E-state index in [1.54, 1.807) is 12.1 Å². The Morgan fingerprint density at radius 1 is 1.28 bits per heavy atom. The fourth-order valence-corrected chi connectivity index (χ4v) is 3.20. The molecule has 130 valence electrons. The molecule has 0 saturated carbocycles. The first-order valence-corrected chi connectivity index (χ1v) is 8.40. The van der Waals surface area contributed by atoms with Crippen LogP contribution in [0.1, 0.15) is 36.6 Å². The highest BCUT2D eigenvalue weighted by Crippen LogP contribution is 2.41. The van der Waals surface area contributed by atoms with Crippen LogP contribution in [0.2, 0.25) is 0 Å². The fraction of sp³-hybridized carbons (Fsp3) is 0.350. The van der Waals surface area contributed by atoms with Gasteiger partial charge in [-0.3, -0.25) is 0 Å². The molecule has 0 amide bonds. The van der Waals surface area contributed by atoms with Crippen LogP contribution in [0.5, 0.6) is 5.75 Å². The van der Waals surface area contributed by atoms with E-state index in [4.69, 9.17) is 10.5 Å². The van der Waals surface area contributed by atoms with E-state index in [-0.39, 0.29) is 6.04 Å². The number of nitrogens with one attached hydrogen (secondary N) is 1. The molecule has 5 nitrogen and oxygen atoms in total. The number of aliphatic hydroxyl groups is 1. The van der Waals surface area contributed by atoms with E-state index in [9.17, 15) is 10.4 Å². The highest BCUT2D eigenvalue weighted by atomic mass is 16.5. The van der Waals surface area contributed by atoms with Gasteiger partial charge in [0.2, 0.25) is 0 Å². The molecule has 0 fully saturated rings. The minimum absolute atomic E-state index is 0.308. The van der Waals surface area contributed by atoms with Gasteiger partial charge in [0.05, 0.1) is 17.3 Å². The third-order valence-corrected chi connectivity index (χ3v) is 4.66. The Bertz CT molecular complexity index is 797. The van der Waals surface area contributed by atoms with Crippen molar-refractivity contribution in [1.82, 2.24) is 5.32 Å². The van der Waals surface area contributed by atoms with Crippen LogP contribution < -0.4 is 15.8 Å². The van der Waals surface area contributed by atoms with Gasteiger partial charge < -0.3 is 20.9 Å². The normalized spacial score (nSPS) is 21.0. The molecule has 2 unspecified atom stereocenters. The quantitative estimate of drug-likeness (QED) is 0.746. The number of hydrogen-bond donors (Lipinski definition) is 3. The molecule has 0 radical (unpaired) electrons. The summed E-state index contributed by atoms with van der Waals surface area (Å²) in [5.41, 5.74) is 8.00. The van der Waals surface area contributed by atoms with Crippen LogP contribution in [0, 0.1) is 11.3 Å². The van der Waals surface area contributed by atoms with E-state index >= 15 is 0 Å².